The first-order valence-corrected chi connectivity index (χ1v) is 11.9. The number of carbonyl (C=O) groups excluding carboxylic acids is 2. The largest absolute Gasteiger partial charge is 0.381 e. The third-order valence-corrected chi connectivity index (χ3v) is 7.76. The van der Waals surface area contributed by atoms with Crippen LogP contribution in [0.2, 0.25) is 0 Å². The molecule has 1 saturated heterocycles. The molecule has 3 aliphatic rings. The van der Waals surface area contributed by atoms with Crippen molar-refractivity contribution in [3.63, 3.8) is 0 Å². The van der Waals surface area contributed by atoms with Gasteiger partial charge in [-0.05, 0) is 57.1 Å². The molecule has 4 heterocycles. The van der Waals surface area contributed by atoms with Crippen molar-refractivity contribution in [2.24, 2.45) is 5.92 Å². The van der Waals surface area contributed by atoms with Gasteiger partial charge in [0.15, 0.2) is 5.13 Å². The minimum atomic E-state index is -0.139. The maximum Gasteiger partial charge on any atom is 0.256 e. The van der Waals surface area contributed by atoms with Crippen LogP contribution in [0.5, 0.6) is 0 Å². The molecule has 31 heavy (non-hydrogen) atoms. The Balaban J connectivity index is 1.57. The lowest BCUT2D eigenvalue weighted by Gasteiger charge is -2.25. The molecule has 1 aliphatic carbocycles. The predicted molar refractivity (Wildman–Crippen MR) is 119 cm³/mol. The van der Waals surface area contributed by atoms with Gasteiger partial charge in [-0.25, -0.2) is 4.98 Å². The summed E-state index contributed by atoms with van der Waals surface area (Å²) in [6, 6.07) is 2.33. The van der Waals surface area contributed by atoms with Crippen molar-refractivity contribution in [3.8, 4) is 10.6 Å². The van der Waals surface area contributed by atoms with E-state index in [1.807, 2.05) is 11.8 Å². The number of carbonyl (C=O) groups is 2. The van der Waals surface area contributed by atoms with Gasteiger partial charge in [0, 0.05) is 38.6 Å². The van der Waals surface area contributed by atoms with E-state index < -0.39 is 0 Å². The van der Waals surface area contributed by atoms with Gasteiger partial charge in [-0.3, -0.25) is 14.6 Å². The van der Waals surface area contributed by atoms with Gasteiger partial charge in [-0.1, -0.05) is 11.3 Å². The highest BCUT2D eigenvalue weighted by Crippen LogP contribution is 2.42. The molecule has 1 saturated carbocycles. The highest BCUT2D eigenvalue weighted by molar-refractivity contribution is 7.19. The second kappa shape index (κ2) is 7.98. The molecule has 1 unspecified atom stereocenters. The third kappa shape index (κ3) is 3.87. The number of nitrogens with one attached hydrogen (secondary N) is 1. The van der Waals surface area contributed by atoms with Gasteiger partial charge in [0.05, 0.1) is 27.5 Å². The fraction of sp³-hybridized carbons (Fsp3) is 0.565. The first kappa shape index (κ1) is 20.6. The van der Waals surface area contributed by atoms with Gasteiger partial charge in [-0.15, -0.1) is 0 Å². The summed E-state index contributed by atoms with van der Waals surface area (Å²) in [5.41, 5.74) is 4.48. The second-order valence-corrected chi connectivity index (χ2v) is 9.94. The number of amides is 2. The fourth-order valence-electron chi connectivity index (χ4n) is 4.77. The van der Waals surface area contributed by atoms with E-state index in [0.29, 0.717) is 30.8 Å². The molecule has 1 atom stereocenters. The van der Waals surface area contributed by atoms with E-state index in [4.69, 9.17) is 9.72 Å². The Morgan fingerprint density at radius 2 is 2.00 bits per heavy atom. The predicted octanol–water partition coefficient (Wildman–Crippen LogP) is 4.12. The van der Waals surface area contributed by atoms with E-state index in [2.05, 4.69) is 23.3 Å². The normalized spacial score (nSPS) is 20.1. The molecule has 0 spiro atoms. The minimum absolute atomic E-state index is 0.134. The number of hydrogen-bond donors (Lipinski definition) is 1. The monoisotopic (exact) mass is 440 g/mol. The lowest BCUT2D eigenvalue weighted by Crippen LogP contribution is -2.35. The van der Waals surface area contributed by atoms with Crippen LogP contribution in [-0.2, 0) is 16.1 Å². The van der Waals surface area contributed by atoms with Crippen LogP contribution in [0.25, 0.3) is 10.6 Å². The molecule has 2 amide bonds. The van der Waals surface area contributed by atoms with E-state index in [1.54, 1.807) is 0 Å². The van der Waals surface area contributed by atoms with Gasteiger partial charge < -0.3 is 15.0 Å². The van der Waals surface area contributed by atoms with Gasteiger partial charge in [0.1, 0.15) is 0 Å². The number of anilines is 1. The van der Waals surface area contributed by atoms with Crippen molar-refractivity contribution in [1.82, 2.24) is 14.9 Å². The molecule has 2 fully saturated rings. The first-order chi connectivity index (χ1) is 14.9. The van der Waals surface area contributed by atoms with Crippen molar-refractivity contribution in [3.05, 3.63) is 28.6 Å². The van der Waals surface area contributed by atoms with Gasteiger partial charge in [0.2, 0.25) is 5.91 Å². The Kier molecular flexibility index (Phi) is 5.30. The maximum atomic E-state index is 13.5. The van der Waals surface area contributed by atoms with Crippen LogP contribution < -0.4 is 5.32 Å². The zero-order valence-corrected chi connectivity index (χ0v) is 19.1. The van der Waals surface area contributed by atoms with Gasteiger partial charge in [0.25, 0.3) is 5.91 Å². The summed E-state index contributed by atoms with van der Waals surface area (Å²) in [5, 5.41) is 3.36. The number of nitrogens with zero attached hydrogens (tertiary/aromatic N) is 3. The zero-order valence-electron chi connectivity index (χ0n) is 18.2. The Morgan fingerprint density at radius 3 is 2.68 bits per heavy atom. The van der Waals surface area contributed by atoms with Crippen molar-refractivity contribution in [2.75, 3.05) is 18.5 Å². The molecule has 1 N–H and O–H groups in total. The van der Waals surface area contributed by atoms with Gasteiger partial charge >= 0.3 is 0 Å². The molecule has 2 aromatic rings. The van der Waals surface area contributed by atoms with Crippen LogP contribution in [0.3, 0.4) is 0 Å². The van der Waals surface area contributed by atoms with Crippen LogP contribution in [-0.4, -0.2) is 45.9 Å². The molecule has 0 bridgehead atoms. The molecule has 5 rings (SSSR count). The summed E-state index contributed by atoms with van der Waals surface area (Å²) in [4.78, 5) is 37.5. The van der Waals surface area contributed by atoms with Gasteiger partial charge in [-0.2, -0.15) is 0 Å². The molecule has 8 heteroatoms. The summed E-state index contributed by atoms with van der Waals surface area (Å²) in [6.45, 7) is 7.65. The lowest BCUT2D eigenvalue weighted by molar-refractivity contribution is -0.114. The average molecular weight is 441 g/mol. The molecule has 2 aliphatic heterocycles. The van der Waals surface area contributed by atoms with E-state index in [1.165, 1.54) is 31.1 Å². The number of fused-ring (bicyclic) bond motifs is 1. The summed E-state index contributed by atoms with van der Waals surface area (Å²) in [5.74, 6) is 0.849. The van der Waals surface area contributed by atoms with Crippen molar-refractivity contribution in [2.45, 2.75) is 65.0 Å². The minimum Gasteiger partial charge on any atom is -0.381 e. The SMILES string of the molecule is CC(=O)Nc1nc(C)c(-c2cc3c(c(C4CCOCC4)n2)C(=O)N(C(C)C2CC2)C3)s1. The summed E-state index contributed by atoms with van der Waals surface area (Å²) in [6.07, 6.45) is 4.19. The third-order valence-electron chi connectivity index (χ3n) is 6.66. The quantitative estimate of drug-likeness (QED) is 0.756. The average Bonchev–Trinajstić information content (AvgIpc) is 3.46. The van der Waals surface area contributed by atoms with Crippen molar-refractivity contribution >= 4 is 28.3 Å². The van der Waals surface area contributed by atoms with E-state index >= 15 is 0 Å². The molecule has 2 aromatic heterocycles. The number of hydrogen-bond acceptors (Lipinski definition) is 6. The summed E-state index contributed by atoms with van der Waals surface area (Å²) < 4.78 is 5.57. The summed E-state index contributed by atoms with van der Waals surface area (Å²) in [7, 11) is 0. The van der Waals surface area contributed by atoms with Crippen molar-refractivity contribution in [1.29, 1.82) is 0 Å². The van der Waals surface area contributed by atoms with Crippen LogP contribution in [0.4, 0.5) is 5.13 Å². The topological polar surface area (TPSA) is 84.4 Å². The van der Waals surface area contributed by atoms with E-state index in [9.17, 15) is 9.59 Å². The standard InChI is InChI=1S/C23H28N4O3S/c1-12-21(31-23(24-12)25-14(3)28)18-10-17-11-27(13(2)15-4-5-15)22(29)19(17)20(26-18)16-6-8-30-9-7-16/h10,13,15-16H,4-9,11H2,1-3H3,(H,24,25,28). The number of aryl methyl sites for hydroxylation is 1. The van der Waals surface area contributed by atoms with E-state index in [-0.39, 0.29) is 23.8 Å². The Hall–Kier alpha value is -2.32. The zero-order chi connectivity index (χ0) is 21.7. The molecular formula is C23H28N4O3S. The number of aromatic nitrogens is 2. The van der Waals surface area contributed by atoms with Crippen LogP contribution in [0.1, 0.15) is 72.8 Å². The number of pyridine rings is 1. The Bertz CT molecular complexity index is 1040. The Labute approximate surface area is 186 Å². The number of rotatable bonds is 5. The Morgan fingerprint density at radius 1 is 1.26 bits per heavy atom. The number of ether oxygens (including phenoxy) is 1. The number of thiazole rings is 1. The molecular weight excluding hydrogens is 412 g/mol. The first-order valence-electron chi connectivity index (χ1n) is 11.1. The van der Waals surface area contributed by atoms with Crippen LogP contribution in [0.15, 0.2) is 6.07 Å². The molecule has 164 valence electrons. The van der Waals surface area contributed by atoms with Crippen LogP contribution in [0, 0.1) is 12.8 Å². The van der Waals surface area contributed by atoms with Crippen LogP contribution >= 0.6 is 11.3 Å². The maximum absolute atomic E-state index is 13.5. The molecule has 0 aromatic carbocycles. The lowest BCUT2D eigenvalue weighted by atomic mass is 9.91. The second-order valence-electron chi connectivity index (χ2n) is 8.94. The fourth-order valence-corrected chi connectivity index (χ4v) is 5.75. The van der Waals surface area contributed by atoms with E-state index in [0.717, 1.165) is 45.9 Å². The van der Waals surface area contributed by atoms with Crippen molar-refractivity contribution < 1.29 is 14.3 Å². The highest BCUT2D eigenvalue weighted by atomic mass is 32.1. The molecule has 7 nitrogen and oxygen atoms in total. The molecule has 0 radical (unpaired) electrons. The smallest absolute Gasteiger partial charge is 0.256 e. The summed E-state index contributed by atoms with van der Waals surface area (Å²) >= 11 is 1.44. The highest BCUT2D eigenvalue weighted by Gasteiger charge is 2.41.